The summed E-state index contributed by atoms with van der Waals surface area (Å²) in [6, 6.07) is 9.23. The standard InChI is InChI=1S/C23H30O5Si2/c1-15-19(27-29(3,4)5)13-20(28-30(6,7)8)21-22(24)18(14-26-23(15)21)16-9-11-17(25-2)12-10-16/h9-14H,1-8H3. The Morgan fingerprint density at radius 2 is 1.43 bits per heavy atom. The van der Waals surface area contributed by atoms with E-state index in [0.717, 1.165) is 22.6 Å². The number of ether oxygens (including phenoxy) is 1. The lowest BCUT2D eigenvalue weighted by atomic mass is 10.0. The number of hydrogen-bond donors (Lipinski definition) is 0. The lowest BCUT2D eigenvalue weighted by Gasteiger charge is -2.25. The summed E-state index contributed by atoms with van der Waals surface area (Å²) in [6.45, 7) is 14.6. The highest BCUT2D eigenvalue weighted by Crippen LogP contribution is 2.37. The van der Waals surface area contributed by atoms with Gasteiger partial charge in [-0.05, 0) is 63.9 Å². The molecule has 5 nitrogen and oxygen atoms in total. The third-order valence-electron chi connectivity index (χ3n) is 4.45. The zero-order valence-corrected chi connectivity index (χ0v) is 21.0. The highest BCUT2D eigenvalue weighted by molar-refractivity contribution is 6.71. The number of rotatable bonds is 6. The molecular formula is C23H30O5Si2. The zero-order valence-electron chi connectivity index (χ0n) is 19.0. The highest BCUT2D eigenvalue weighted by Gasteiger charge is 2.26. The van der Waals surface area contributed by atoms with Crippen molar-refractivity contribution in [1.29, 1.82) is 0 Å². The summed E-state index contributed by atoms with van der Waals surface area (Å²) < 4.78 is 23.8. The maximum absolute atomic E-state index is 13.6. The van der Waals surface area contributed by atoms with Gasteiger partial charge in [-0.25, -0.2) is 0 Å². The molecule has 30 heavy (non-hydrogen) atoms. The number of aryl methyl sites for hydroxylation is 1. The van der Waals surface area contributed by atoms with Gasteiger partial charge in [0.25, 0.3) is 0 Å². The third kappa shape index (κ3) is 4.79. The van der Waals surface area contributed by atoms with Crippen LogP contribution in [0, 0.1) is 6.92 Å². The van der Waals surface area contributed by atoms with Crippen LogP contribution in [0.1, 0.15) is 5.56 Å². The van der Waals surface area contributed by atoms with Crippen molar-refractivity contribution in [3.05, 3.63) is 52.4 Å². The molecule has 2 aromatic carbocycles. The van der Waals surface area contributed by atoms with Crippen LogP contribution in [0.15, 0.2) is 45.8 Å². The minimum absolute atomic E-state index is 0.114. The van der Waals surface area contributed by atoms with E-state index in [4.69, 9.17) is 18.0 Å². The molecule has 0 radical (unpaired) electrons. The van der Waals surface area contributed by atoms with Crippen LogP contribution in [0.5, 0.6) is 17.2 Å². The van der Waals surface area contributed by atoms with Gasteiger partial charge in [0.15, 0.2) is 0 Å². The Bertz CT molecular complexity index is 1120. The Balaban J connectivity index is 2.28. The van der Waals surface area contributed by atoms with Gasteiger partial charge in [0.2, 0.25) is 22.1 Å². The maximum Gasteiger partial charge on any atom is 0.242 e. The molecule has 3 rings (SSSR count). The number of methoxy groups -OCH3 is 1. The summed E-state index contributed by atoms with van der Waals surface area (Å²) in [5, 5.41) is 0.464. The largest absolute Gasteiger partial charge is 0.544 e. The summed E-state index contributed by atoms with van der Waals surface area (Å²) in [7, 11) is -2.23. The molecule has 0 N–H and O–H groups in total. The fourth-order valence-electron chi connectivity index (χ4n) is 3.20. The molecule has 1 aromatic heterocycles. The van der Waals surface area contributed by atoms with E-state index in [9.17, 15) is 4.79 Å². The van der Waals surface area contributed by atoms with Crippen molar-refractivity contribution in [1.82, 2.24) is 0 Å². The molecule has 160 valence electrons. The normalized spacial score (nSPS) is 12.1. The Kier molecular flexibility index (Phi) is 5.88. The molecule has 0 aliphatic carbocycles. The molecule has 7 heteroatoms. The van der Waals surface area contributed by atoms with E-state index in [2.05, 4.69) is 39.3 Å². The van der Waals surface area contributed by atoms with Crippen molar-refractivity contribution < 1.29 is 18.0 Å². The van der Waals surface area contributed by atoms with Crippen molar-refractivity contribution >= 4 is 27.6 Å². The minimum Gasteiger partial charge on any atom is -0.544 e. The molecular weight excluding hydrogens is 412 g/mol. The van der Waals surface area contributed by atoms with Crippen LogP contribution in [0.25, 0.3) is 22.1 Å². The molecule has 1 heterocycles. The van der Waals surface area contributed by atoms with E-state index in [1.54, 1.807) is 7.11 Å². The third-order valence-corrected chi connectivity index (χ3v) is 6.11. The van der Waals surface area contributed by atoms with Crippen LogP contribution in [0.4, 0.5) is 0 Å². The predicted octanol–water partition coefficient (Wildman–Crippen LogP) is 6.20. The number of hydrogen-bond acceptors (Lipinski definition) is 5. The molecule has 0 bridgehead atoms. The van der Waals surface area contributed by atoms with Crippen molar-refractivity contribution in [2.75, 3.05) is 7.11 Å². The van der Waals surface area contributed by atoms with E-state index in [1.165, 1.54) is 6.26 Å². The van der Waals surface area contributed by atoms with Crippen molar-refractivity contribution in [3.8, 4) is 28.4 Å². The lowest BCUT2D eigenvalue weighted by molar-refractivity contribution is 0.415. The minimum atomic E-state index is -1.99. The highest BCUT2D eigenvalue weighted by atomic mass is 28.4. The fourth-order valence-corrected chi connectivity index (χ4v) is 4.89. The van der Waals surface area contributed by atoms with Crippen LogP contribution in [-0.4, -0.2) is 23.7 Å². The lowest BCUT2D eigenvalue weighted by Crippen LogP contribution is -2.31. The smallest absolute Gasteiger partial charge is 0.242 e. The van der Waals surface area contributed by atoms with Crippen molar-refractivity contribution in [2.24, 2.45) is 0 Å². The molecule has 0 aliphatic heterocycles. The van der Waals surface area contributed by atoms with E-state index >= 15 is 0 Å². The second-order valence-electron chi connectivity index (χ2n) is 9.34. The van der Waals surface area contributed by atoms with Crippen LogP contribution >= 0.6 is 0 Å². The number of fused-ring (bicyclic) bond motifs is 1. The molecule has 0 amide bonds. The Labute approximate surface area is 179 Å². The Morgan fingerprint density at radius 1 is 0.867 bits per heavy atom. The maximum atomic E-state index is 13.6. The van der Waals surface area contributed by atoms with Gasteiger partial charge < -0.3 is 18.0 Å². The van der Waals surface area contributed by atoms with Crippen LogP contribution in [0.3, 0.4) is 0 Å². The molecule has 0 aliphatic rings. The quantitative estimate of drug-likeness (QED) is 0.425. The van der Waals surface area contributed by atoms with Gasteiger partial charge in [-0.3, -0.25) is 4.79 Å². The van der Waals surface area contributed by atoms with Crippen molar-refractivity contribution in [3.63, 3.8) is 0 Å². The monoisotopic (exact) mass is 442 g/mol. The molecule has 0 saturated heterocycles. The van der Waals surface area contributed by atoms with Crippen molar-refractivity contribution in [2.45, 2.75) is 46.2 Å². The van der Waals surface area contributed by atoms with Gasteiger partial charge in [0.05, 0.1) is 12.7 Å². The first-order chi connectivity index (χ1) is 13.9. The first-order valence-corrected chi connectivity index (χ1v) is 16.8. The van der Waals surface area contributed by atoms with Crippen LogP contribution in [0.2, 0.25) is 39.3 Å². The zero-order chi connectivity index (χ0) is 22.3. The average molecular weight is 443 g/mol. The Morgan fingerprint density at radius 3 is 1.97 bits per heavy atom. The van der Waals surface area contributed by atoms with Gasteiger partial charge in [0.1, 0.15) is 34.5 Å². The fraction of sp³-hybridized carbons (Fsp3) is 0.348. The SMILES string of the molecule is COc1ccc(-c2coc3c(C)c(O[Si](C)(C)C)cc(O[Si](C)(C)C)c3c2=O)cc1. The average Bonchev–Trinajstić information content (AvgIpc) is 2.63. The summed E-state index contributed by atoms with van der Waals surface area (Å²) in [6.07, 6.45) is 1.52. The Hall–Kier alpha value is -2.52. The van der Waals surface area contributed by atoms with Gasteiger partial charge in [-0.2, -0.15) is 0 Å². The predicted molar refractivity (Wildman–Crippen MR) is 127 cm³/mol. The molecule has 0 atom stereocenters. The first-order valence-electron chi connectivity index (χ1n) is 10.0. The summed E-state index contributed by atoms with van der Waals surface area (Å²) in [4.78, 5) is 13.6. The molecule has 0 unspecified atom stereocenters. The first kappa shape index (κ1) is 22.2. The summed E-state index contributed by atoms with van der Waals surface area (Å²) in [5.41, 5.74) is 2.47. The number of benzene rings is 2. The second-order valence-corrected chi connectivity index (χ2v) is 18.2. The summed E-state index contributed by atoms with van der Waals surface area (Å²) in [5.74, 6) is 1.98. The summed E-state index contributed by atoms with van der Waals surface area (Å²) >= 11 is 0. The topological polar surface area (TPSA) is 57.9 Å². The van der Waals surface area contributed by atoms with Gasteiger partial charge in [0, 0.05) is 11.6 Å². The van der Waals surface area contributed by atoms with E-state index in [-0.39, 0.29) is 5.43 Å². The van der Waals surface area contributed by atoms with E-state index in [0.29, 0.717) is 22.3 Å². The molecule has 0 spiro atoms. The molecule has 0 saturated carbocycles. The molecule has 3 aromatic rings. The van der Waals surface area contributed by atoms with E-state index in [1.807, 2.05) is 37.3 Å². The molecule has 0 fully saturated rings. The van der Waals surface area contributed by atoms with Gasteiger partial charge >= 0.3 is 0 Å². The van der Waals surface area contributed by atoms with E-state index < -0.39 is 16.6 Å². The van der Waals surface area contributed by atoms with Crippen LogP contribution < -0.4 is 19.0 Å². The van der Waals surface area contributed by atoms with Gasteiger partial charge in [-0.15, -0.1) is 0 Å². The second kappa shape index (κ2) is 7.96. The van der Waals surface area contributed by atoms with Gasteiger partial charge in [-0.1, -0.05) is 12.1 Å². The van der Waals surface area contributed by atoms with Crippen LogP contribution in [-0.2, 0) is 0 Å².